The van der Waals surface area contributed by atoms with E-state index in [-0.39, 0.29) is 5.54 Å². The number of hydrogen-bond acceptors (Lipinski definition) is 2. The normalized spacial score (nSPS) is 27.1. The Hall–Kier alpha value is -1.80. The summed E-state index contributed by atoms with van der Waals surface area (Å²) in [4.78, 5) is 2.73. The number of rotatable bonds is 4. The average molecular weight is 307 g/mol. The van der Waals surface area contributed by atoms with Crippen LogP contribution in [0.4, 0.5) is 0 Å². The third kappa shape index (κ3) is 2.46. The van der Waals surface area contributed by atoms with Gasteiger partial charge in [-0.05, 0) is 55.0 Å². The van der Waals surface area contributed by atoms with Crippen LogP contribution in [0.1, 0.15) is 36.8 Å². The number of nitrogens with zero attached hydrogens (tertiary/aromatic N) is 1. The molecule has 2 aliphatic rings. The number of benzene rings is 2. The summed E-state index contributed by atoms with van der Waals surface area (Å²) in [5.74, 6) is 1.77. The van der Waals surface area contributed by atoms with Gasteiger partial charge in [0.15, 0.2) is 0 Å². The lowest BCUT2D eigenvalue weighted by molar-refractivity contribution is 0.109. The van der Waals surface area contributed by atoms with Gasteiger partial charge in [-0.2, -0.15) is 0 Å². The smallest absolute Gasteiger partial charge is 0.119 e. The third-order valence-electron chi connectivity index (χ3n) is 5.88. The monoisotopic (exact) mass is 307 g/mol. The third-order valence-corrected chi connectivity index (χ3v) is 5.88. The van der Waals surface area contributed by atoms with Crippen molar-refractivity contribution < 1.29 is 4.74 Å². The summed E-state index contributed by atoms with van der Waals surface area (Å²) in [6.45, 7) is 2.26. The van der Waals surface area contributed by atoms with Crippen LogP contribution in [-0.2, 0) is 12.1 Å². The first-order chi connectivity index (χ1) is 11.3. The minimum absolute atomic E-state index is 0.213. The molecular formula is C21H25NO. The van der Waals surface area contributed by atoms with Crippen molar-refractivity contribution in [2.75, 3.05) is 13.7 Å². The van der Waals surface area contributed by atoms with Gasteiger partial charge in [-0.1, -0.05) is 48.9 Å². The quantitative estimate of drug-likeness (QED) is 0.818. The summed E-state index contributed by atoms with van der Waals surface area (Å²) in [7, 11) is 1.76. The summed E-state index contributed by atoms with van der Waals surface area (Å²) in [5, 5.41) is 0. The van der Waals surface area contributed by atoms with Crippen LogP contribution in [-0.4, -0.2) is 18.6 Å². The Morgan fingerprint density at radius 2 is 1.96 bits per heavy atom. The number of fused-ring (bicyclic) bond motifs is 1. The van der Waals surface area contributed by atoms with E-state index in [9.17, 15) is 0 Å². The lowest BCUT2D eigenvalue weighted by Crippen LogP contribution is -2.42. The van der Waals surface area contributed by atoms with Crippen LogP contribution in [0.15, 0.2) is 54.6 Å². The van der Waals surface area contributed by atoms with Crippen molar-refractivity contribution in [1.29, 1.82) is 0 Å². The van der Waals surface area contributed by atoms with Gasteiger partial charge in [0.2, 0.25) is 0 Å². The SMILES string of the molecule is COc1cccc([C@]23CCC[C@H]2CCN3Cc2ccccc2)c1. The highest BCUT2D eigenvalue weighted by Gasteiger charge is 2.52. The molecule has 0 bridgehead atoms. The van der Waals surface area contributed by atoms with Crippen molar-refractivity contribution in [3.05, 3.63) is 65.7 Å². The Morgan fingerprint density at radius 3 is 2.78 bits per heavy atom. The van der Waals surface area contributed by atoms with E-state index in [0.717, 1.165) is 18.2 Å². The topological polar surface area (TPSA) is 12.5 Å². The highest BCUT2D eigenvalue weighted by molar-refractivity contribution is 5.36. The van der Waals surface area contributed by atoms with Gasteiger partial charge >= 0.3 is 0 Å². The minimum atomic E-state index is 0.213. The largest absolute Gasteiger partial charge is 0.497 e. The van der Waals surface area contributed by atoms with Gasteiger partial charge in [0, 0.05) is 12.1 Å². The molecule has 0 unspecified atom stereocenters. The van der Waals surface area contributed by atoms with Crippen molar-refractivity contribution in [3.8, 4) is 5.75 Å². The van der Waals surface area contributed by atoms with Crippen molar-refractivity contribution in [1.82, 2.24) is 4.90 Å². The molecule has 23 heavy (non-hydrogen) atoms. The Bertz CT molecular complexity index is 669. The number of hydrogen-bond donors (Lipinski definition) is 0. The summed E-state index contributed by atoms with van der Waals surface area (Å²) in [6.07, 6.45) is 5.30. The van der Waals surface area contributed by atoms with Crippen LogP contribution in [0.2, 0.25) is 0 Å². The molecule has 2 nitrogen and oxygen atoms in total. The summed E-state index contributed by atoms with van der Waals surface area (Å²) in [6, 6.07) is 19.7. The van der Waals surface area contributed by atoms with Gasteiger partial charge in [0.1, 0.15) is 5.75 Å². The number of likely N-dealkylation sites (tertiary alicyclic amines) is 1. The van der Waals surface area contributed by atoms with Crippen LogP contribution in [0.25, 0.3) is 0 Å². The molecule has 2 aromatic rings. The fourth-order valence-electron chi connectivity index (χ4n) is 4.85. The van der Waals surface area contributed by atoms with Crippen molar-refractivity contribution in [2.45, 2.75) is 37.8 Å². The Morgan fingerprint density at radius 1 is 1.09 bits per heavy atom. The minimum Gasteiger partial charge on any atom is -0.497 e. The molecule has 2 heteroatoms. The molecule has 0 aromatic heterocycles. The predicted molar refractivity (Wildman–Crippen MR) is 93.5 cm³/mol. The summed E-state index contributed by atoms with van der Waals surface area (Å²) < 4.78 is 5.49. The molecule has 1 aliphatic heterocycles. The van der Waals surface area contributed by atoms with Gasteiger partial charge in [-0.15, -0.1) is 0 Å². The molecule has 0 N–H and O–H groups in total. The molecule has 2 aromatic carbocycles. The van der Waals surface area contributed by atoms with E-state index in [1.54, 1.807) is 7.11 Å². The van der Waals surface area contributed by atoms with E-state index in [1.807, 2.05) is 0 Å². The molecule has 2 fully saturated rings. The molecule has 0 spiro atoms. The standard InChI is InChI=1S/C21H25NO/c1-23-20-11-5-9-19(15-20)21-13-6-10-18(21)12-14-22(21)16-17-7-3-2-4-8-17/h2-5,7-9,11,15,18H,6,10,12-14,16H2,1H3/t18-,21-/m0/s1. The fourth-order valence-corrected chi connectivity index (χ4v) is 4.85. The lowest BCUT2D eigenvalue weighted by Gasteiger charge is -2.40. The fraction of sp³-hybridized carbons (Fsp3) is 0.429. The second-order valence-corrected chi connectivity index (χ2v) is 6.94. The van der Waals surface area contributed by atoms with Gasteiger partial charge in [0.05, 0.1) is 7.11 Å². The zero-order valence-electron chi connectivity index (χ0n) is 13.9. The molecule has 2 atom stereocenters. The Balaban J connectivity index is 1.71. The molecule has 0 radical (unpaired) electrons. The Kier molecular flexibility index (Phi) is 3.86. The van der Waals surface area contributed by atoms with Crippen LogP contribution >= 0.6 is 0 Å². The second kappa shape index (κ2) is 6.01. The molecule has 0 amide bonds. The summed E-state index contributed by atoms with van der Waals surface area (Å²) >= 11 is 0. The van der Waals surface area contributed by atoms with E-state index in [2.05, 4.69) is 59.5 Å². The highest BCUT2D eigenvalue weighted by atomic mass is 16.5. The van der Waals surface area contributed by atoms with E-state index in [4.69, 9.17) is 4.74 Å². The van der Waals surface area contributed by atoms with Crippen LogP contribution in [0.5, 0.6) is 5.75 Å². The molecule has 1 saturated heterocycles. The lowest BCUT2D eigenvalue weighted by atomic mass is 9.81. The average Bonchev–Trinajstić information content (AvgIpc) is 3.17. The van der Waals surface area contributed by atoms with Crippen LogP contribution < -0.4 is 4.74 Å². The van der Waals surface area contributed by atoms with Gasteiger partial charge < -0.3 is 4.74 Å². The van der Waals surface area contributed by atoms with Crippen molar-refractivity contribution in [3.63, 3.8) is 0 Å². The maximum Gasteiger partial charge on any atom is 0.119 e. The highest BCUT2D eigenvalue weighted by Crippen LogP contribution is 2.54. The molecule has 4 rings (SSSR count). The van der Waals surface area contributed by atoms with E-state index < -0.39 is 0 Å². The van der Waals surface area contributed by atoms with E-state index >= 15 is 0 Å². The molecule has 120 valence electrons. The maximum absolute atomic E-state index is 5.49. The van der Waals surface area contributed by atoms with Gasteiger partial charge in [0.25, 0.3) is 0 Å². The van der Waals surface area contributed by atoms with E-state index in [0.29, 0.717) is 0 Å². The first-order valence-corrected chi connectivity index (χ1v) is 8.76. The molecule has 1 saturated carbocycles. The predicted octanol–water partition coefficient (Wildman–Crippen LogP) is 4.60. The van der Waals surface area contributed by atoms with Crippen molar-refractivity contribution in [2.24, 2.45) is 5.92 Å². The zero-order chi connectivity index (χ0) is 15.7. The Labute approximate surface area is 139 Å². The zero-order valence-corrected chi connectivity index (χ0v) is 13.9. The molecule has 1 aliphatic carbocycles. The van der Waals surface area contributed by atoms with Gasteiger partial charge in [-0.3, -0.25) is 4.90 Å². The van der Waals surface area contributed by atoms with Crippen LogP contribution in [0.3, 0.4) is 0 Å². The van der Waals surface area contributed by atoms with Crippen molar-refractivity contribution >= 4 is 0 Å². The van der Waals surface area contributed by atoms with Gasteiger partial charge in [-0.25, -0.2) is 0 Å². The number of ether oxygens (including phenoxy) is 1. The van der Waals surface area contributed by atoms with Crippen LogP contribution in [0, 0.1) is 5.92 Å². The number of methoxy groups -OCH3 is 1. The molecule has 1 heterocycles. The molecular weight excluding hydrogens is 282 g/mol. The summed E-state index contributed by atoms with van der Waals surface area (Å²) in [5.41, 5.74) is 3.08. The second-order valence-electron chi connectivity index (χ2n) is 6.94. The van der Waals surface area contributed by atoms with E-state index in [1.165, 1.54) is 43.4 Å². The first-order valence-electron chi connectivity index (χ1n) is 8.76. The maximum atomic E-state index is 5.49. The first kappa shape index (κ1) is 14.8.